The van der Waals surface area contributed by atoms with E-state index < -0.39 is 0 Å². The van der Waals surface area contributed by atoms with Crippen molar-refractivity contribution in [3.05, 3.63) is 0 Å². The van der Waals surface area contributed by atoms with Gasteiger partial charge in [-0.05, 0) is 46.0 Å². The maximum atomic E-state index is 12.7. The van der Waals surface area contributed by atoms with E-state index in [1.807, 2.05) is 0 Å². The molecule has 1 amide bonds. The Morgan fingerprint density at radius 2 is 1.67 bits per heavy atom. The van der Waals surface area contributed by atoms with Crippen LogP contribution in [0.1, 0.15) is 65.2 Å². The van der Waals surface area contributed by atoms with E-state index in [2.05, 4.69) is 23.6 Å². The first-order chi connectivity index (χ1) is 10.1. The van der Waals surface area contributed by atoms with Gasteiger partial charge in [0.05, 0.1) is 13.2 Å². The first kappa shape index (κ1) is 16.8. The van der Waals surface area contributed by atoms with E-state index in [9.17, 15) is 9.90 Å². The van der Waals surface area contributed by atoms with Crippen molar-refractivity contribution in [3.63, 3.8) is 0 Å². The van der Waals surface area contributed by atoms with Gasteiger partial charge in [0, 0.05) is 24.7 Å². The molecular formula is C17H32N2O2. The van der Waals surface area contributed by atoms with Crippen molar-refractivity contribution in [1.82, 2.24) is 9.80 Å². The fourth-order valence-corrected chi connectivity index (χ4v) is 4.13. The second-order valence-corrected chi connectivity index (χ2v) is 6.92. The lowest BCUT2D eigenvalue weighted by Crippen LogP contribution is -2.53. The summed E-state index contributed by atoms with van der Waals surface area (Å²) >= 11 is 0. The van der Waals surface area contributed by atoms with Crippen LogP contribution in [0.3, 0.4) is 0 Å². The van der Waals surface area contributed by atoms with Gasteiger partial charge in [-0.2, -0.15) is 0 Å². The normalized spacial score (nSPS) is 28.1. The molecule has 0 aromatic heterocycles. The summed E-state index contributed by atoms with van der Waals surface area (Å²) in [6.45, 7) is 5.61. The molecule has 1 N–H and O–H groups in total. The molecule has 4 heteroatoms. The minimum Gasteiger partial charge on any atom is -0.395 e. The van der Waals surface area contributed by atoms with Gasteiger partial charge in [-0.15, -0.1) is 0 Å². The third kappa shape index (κ3) is 4.43. The van der Waals surface area contributed by atoms with E-state index in [-0.39, 0.29) is 12.5 Å². The van der Waals surface area contributed by atoms with Crippen LogP contribution in [0, 0.1) is 0 Å². The number of aliphatic hydroxyl groups excluding tert-OH is 1. The summed E-state index contributed by atoms with van der Waals surface area (Å²) in [5, 5.41) is 9.33. The summed E-state index contributed by atoms with van der Waals surface area (Å²) in [7, 11) is 0. The van der Waals surface area contributed by atoms with Crippen LogP contribution in [-0.4, -0.2) is 58.6 Å². The molecule has 2 aliphatic rings. The lowest BCUT2D eigenvalue weighted by Gasteiger charge is -2.41. The highest BCUT2D eigenvalue weighted by Crippen LogP contribution is 2.25. The van der Waals surface area contributed by atoms with E-state index in [0.29, 0.717) is 31.2 Å². The SMILES string of the molecule is C[C@H]1CCC[C@H](C)N1C(=O)CN(CCO)C1CCCCC1. The molecular weight excluding hydrogens is 264 g/mol. The quantitative estimate of drug-likeness (QED) is 0.847. The van der Waals surface area contributed by atoms with Gasteiger partial charge in [0.25, 0.3) is 0 Å². The Morgan fingerprint density at radius 3 is 2.24 bits per heavy atom. The van der Waals surface area contributed by atoms with Crippen LogP contribution in [0.15, 0.2) is 0 Å². The monoisotopic (exact) mass is 296 g/mol. The highest BCUT2D eigenvalue weighted by atomic mass is 16.3. The summed E-state index contributed by atoms with van der Waals surface area (Å²) in [6, 6.07) is 1.22. The number of carbonyl (C=O) groups excluding carboxylic acids is 1. The number of aliphatic hydroxyl groups is 1. The van der Waals surface area contributed by atoms with E-state index in [4.69, 9.17) is 0 Å². The van der Waals surface area contributed by atoms with Crippen molar-refractivity contribution in [3.8, 4) is 0 Å². The van der Waals surface area contributed by atoms with Crippen molar-refractivity contribution >= 4 is 5.91 Å². The van der Waals surface area contributed by atoms with Gasteiger partial charge in [-0.3, -0.25) is 9.69 Å². The smallest absolute Gasteiger partial charge is 0.237 e. The predicted molar refractivity (Wildman–Crippen MR) is 85.2 cm³/mol. The van der Waals surface area contributed by atoms with Crippen molar-refractivity contribution in [2.24, 2.45) is 0 Å². The maximum Gasteiger partial charge on any atom is 0.237 e. The van der Waals surface area contributed by atoms with Gasteiger partial charge in [0.1, 0.15) is 0 Å². The number of hydrogen-bond acceptors (Lipinski definition) is 3. The van der Waals surface area contributed by atoms with Gasteiger partial charge in [0.2, 0.25) is 5.91 Å². The molecule has 2 rings (SSSR count). The van der Waals surface area contributed by atoms with Gasteiger partial charge >= 0.3 is 0 Å². The standard InChI is InChI=1S/C17H32N2O2/c1-14-7-6-8-15(2)19(14)17(21)13-18(11-12-20)16-9-4-3-5-10-16/h14-16,20H,3-13H2,1-2H3/t14-,15-/m0/s1. The first-order valence-electron chi connectivity index (χ1n) is 8.79. The number of hydrogen-bond donors (Lipinski definition) is 1. The lowest BCUT2D eigenvalue weighted by molar-refractivity contribution is -0.139. The van der Waals surface area contributed by atoms with Crippen LogP contribution in [0.25, 0.3) is 0 Å². The first-order valence-corrected chi connectivity index (χ1v) is 8.79. The second-order valence-electron chi connectivity index (χ2n) is 6.92. The number of piperidine rings is 1. The summed E-state index contributed by atoms with van der Waals surface area (Å²) in [6.07, 6.45) is 9.68. The van der Waals surface area contributed by atoms with E-state index in [1.54, 1.807) is 0 Å². The summed E-state index contributed by atoms with van der Waals surface area (Å²) in [4.78, 5) is 17.1. The van der Waals surface area contributed by atoms with Crippen LogP contribution in [0.2, 0.25) is 0 Å². The third-order valence-corrected chi connectivity index (χ3v) is 5.30. The summed E-state index contributed by atoms with van der Waals surface area (Å²) < 4.78 is 0. The van der Waals surface area contributed by atoms with Gasteiger partial charge in [-0.25, -0.2) is 0 Å². The highest BCUT2D eigenvalue weighted by molar-refractivity contribution is 5.79. The molecule has 0 aromatic rings. The molecule has 122 valence electrons. The molecule has 1 aliphatic heterocycles. The molecule has 0 bridgehead atoms. The zero-order chi connectivity index (χ0) is 15.2. The van der Waals surface area contributed by atoms with Crippen molar-refractivity contribution < 1.29 is 9.90 Å². The average Bonchev–Trinajstić information content (AvgIpc) is 2.47. The van der Waals surface area contributed by atoms with E-state index in [1.165, 1.54) is 38.5 Å². The van der Waals surface area contributed by atoms with E-state index >= 15 is 0 Å². The van der Waals surface area contributed by atoms with Crippen LogP contribution < -0.4 is 0 Å². The molecule has 0 unspecified atom stereocenters. The third-order valence-electron chi connectivity index (χ3n) is 5.30. The minimum atomic E-state index is 0.148. The van der Waals surface area contributed by atoms with Gasteiger partial charge < -0.3 is 10.0 Å². The van der Waals surface area contributed by atoms with Crippen LogP contribution >= 0.6 is 0 Å². The Labute approximate surface area is 129 Å². The molecule has 1 saturated heterocycles. The minimum absolute atomic E-state index is 0.148. The fraction of sp³-hybridized carbons (Fsp3) is 0.941. The molecule has 0 spiro atoms. The molecule has 1 saturated carbocycles. The fourth-order valence-electron chi connectivity index (χ4n) is 4.13. The Hall–Kier alpha value is -0.610. The molecule has 4 nitrogen and oxygen atoms in total. The largest absolute Gasteiger partial charge is 0.395 e. The summed E-state index contributed by atoms with van der Waals surface area (Å²) in [5.74, 6) is 0.258. The van der Waals surface area contributed by atoms with Gasteiger partial charge in [-0.1, -0.05) is 19.3 Å². The maximum absolute atomic E-state index is 12.7. The average molecular weight is 296 g/mol. The van der Waals surface area contributed by atoms with Crippen molar-refractivity contribution in [2.75, 3.05) is 19.7 Å². The Bertz CT molecular complexity index is 319. The molecule has 2 fully saturated rings. The zero-order valence-corrected chi connectivity index (χ0v) is 13.8. The van der Waals surface area contributed by atoms with E-state index in [0.717, 1.165) is 12.8 Å². The number of nitrogens with zero attached hydrogens (tertiary/aromatic N) is 2. The lowest BCUT2D eigenvalue weighted by atomic mass is 9.93. The Kier molecular flexibility index (Phi) is 6.49. The predicted octanol–water partition coefficient (Wildman–Crippen LogP) is 2.40. The number of likely N-dealkylation sites (tertiary alicyclic amines) is 1. The molecule has 21 heavy (non-hydrogen) atoms. The number of amides is 1. The second kappa shape index (κ2) is 8.14. The Morgan fingerprint density at radius 1 is 1.05 bits per heavy atom. The topological polar surface area (TPSA) is 43.8 Å². The van der Waals surface area contributed by atoms with Crippen LogP contribution in [0.5, 0.6) is 0 Å². The van der Waals surface area contributed by atoms with Gasteiger partial charge in [0.15, 0.2) is 0 Å². The Balaban J connectivity index is 1.96. The molecule has 0 radical (unpaired) electrons. The van der Waals surface area contributed by atoms with Crippen LogP contribution in [-0.2, 0) is 4.79 Å². The zero-order valence-electron chi connectivity index (χ0n) is 13.8. The molecule has 0 aromatic carbocycles. The van der Waals surface area contributed by atoms with Crippen molar-refractivity contribution in [2.45, 2.75) is 83.3 Å². The number of carbonyl (C=O) groups is 1. The number of rotatable bonds is 5. The molecule has 1 heterocycles. The molecule has 2 atom stereocenters. The highest BCUT2D eigenvalue weighted by Gasteiger charge is 2.31. The van der Waals surface area contributed by atoms with Crippen LogP contribution in [0.4, 0.5) is 0 Å². The molecule has 1 aliphatic carbocycles. The summed E-state index contributed by atoms with van der Waals surface area (Å²) in [5.41, 5.74) is 0. The van der Waals surface area contributed by atoms with Crippen molar-refractivity contribution in [1.29, 1.82) is 0 Å².